The summed E-state index contributed by atoms with van der Waals surface area (Å²) in [5.41, 5.74) is 2.61. The van der Waals surface area contributed by atoms with Crippen molar-refractivity contribution in [2.24, 2.45) is 5.10 Å². The van der Waals surface area contributed by atoms with Gasteiger partial charge in [0.1, 0.15) is 0 Å². The zero-order chi connectivity index (χ0) is 12.1. The van der Waals surface area contributed by atoms with Crippen LogP contribution >= 0.6 is 0 Å². The number of rotatable bonds is 5. The Morgan fingerprint density at radius 1 is 1.59 bits per heavy atom. The predicted molar refractivity (Wildman–Crippen MR) is 71.2 cm³/mol. The van der Waals surface area contributed by atoms with E-state index >= 15 is 0 Å². The van der Waals surface area contributed by atoms with Crippen LogP contribution in [0.4, 0.5) is 0 Å². The van der Waals surface area contributed by atoms with Crippen molar-refractivity contribution in [3.63, 3.8) is 0 Å². The number of allylic oxidation sites excluding steroid dienone is 4. The molecule has 0 aromatic carbocycles. The van der Waals surface area contributed by atoms with Crippen molar-refractivity contribution >= 4 is 5.71 Å². The van der Waals surface area contributed by atoms with E-state index in [9.17, 15) is 0 Å². The molecule has 1 saturated heterocycles. The summed E-state index contributed by atoms with van der Waals surface area (Å²) in [6.45, 7) is 4.04. The van der Waals surface area contributed by atoms with E-state index in [1.807, 2.05) is 0 Å². The molecule has 0 aromatic rings. The molecule has 2 rings (SSSR count). The fourth-order valence-corrected chi connectivity index (χ4v) is 2.49. The normalized spacial score (nSPS) is 24.6. The molecule has 1 unspecified atom stereocenters. The zero-order valence-electron chi connectivity index (χ0n) is 10.9. The van der Waals surface area contributed by atoms with Crippen LogP contribution in [0.25, 0.3) is 0 Å². The first-order chi connectivity index (χ1) is 8.35. The molecule has 3 nitrogen and oxygen atoms in total. The third-order valence-corrected chi connectivity index (χ3v) is 3.43. The SMILES string of the molecule is CC/C(=N\N1CCCC1COC)C1=CC=CC1. The van der Waals surface area contributed by atoms with Gasteiger partial charge < -0.3 is 4.74 Å². The molecule has 0 amide bonds. The van der Waals surface area contributed by atoms with E-state index in [0.29, 0.717) is 6.04 Å². The molecule has 1 aliphatic heterocycles. The zero-order valence-corrected chi connectivity index (χ0v) is 10.9. The molecule has 3 heteroatoms. The van der Waals surface area contributed by atoms with Crippen LogP contribution in [-0.2, 0) is 4.74 Å². The number of ether oxygens (including phenoxy) is 1. The Balaban J connectivity index is 2.05. The lowest BCUT2D eigenvalue weighted by molar-refractivity contribution is 0.118. The van der Waals surface area contributed by atoms with E-state index in [4.69, 9.17) is 9.84 Å². The fourth-order valence-electron chi connectivity index (χ4n) is 2.49. The standard InChI is InChI=1S/C14H22N2O/c1-3-14(12-7-4-5-8-12)15-16-10-6-9-13(16)11-17-2/h4-5,7,13H,3,6,8-11H2,1-2H3/b15-14+. The number of nitrogens with zero attached hydrogens (tertiary/aromatic N) is 2. The highest BCUT2D eigenvalue weighted by Gasteiger charge is 2.23. The third kappa shape index (κ3) is 2.97. The Morgan fingerprint density at radius 2 is 2.47 bits per heavy atom. The molecule has 1 aliphatic carbocycles. The van der Waals surface area contributed by atoms with Gasteiger partial charge in [0.15, 0.2) is 0 Å². The Bertz CT molecular complexity index is 344. The van der Waals surface area contributed by atoms with Crippen LogP contribution in [0.2, 0.25) is 0 Å². The summed E-state index contributed by atoms with van der Waals surface area (Å²) in [5, 5.41) is 7.06. The Morgan fingerprint density at radius 3 is 3.12 bits per heavy atom. The largest absolute Gasteiger partial charge is 0.382 e. The maximum absolute atomic E-state index is 5.26. The van der Waals surface area contributed by atoms with E-state index in [1.54, 1.807) is 7.11 Å². The second-order valence-electron chi connectivity index (χ2n) is 4.64. The summed E-state index contributed by atoms with van der Waals surface area (Å²) < 4.78 is 5.26. The van der Waals surface area contributed by atoms with Crippen LogP contribution in [0.1, 0.15) is 32.6 Å². The molecule has 17 heavy (non-hydrogen) atoms. The maximum Gasteiger partial charge on any atom is 0.0704 e. The molecule has 0 N–H and O–H groups in total. The van der Waals surface area contributed by atoms with Gasteiger partial charge in [-0.2, -0.15) is 5.10 Å². The van der Waals surface area contributed by atoms with Gasteiger partial charge >= 0.3 is 0 Å². The summed E-state index contributed by atoms with van der Waals surface area (Å²) >= 11 is 0. The van der Waals surface area contributed by atoms with Crippen molar-refractivity contribution in [2.45, 2.75) is 38.6 Å². The summed E-state index contributed by atoms with van der Waals surface area (Å²) in [4.78, 5) is 0. The molecule has 1 atom stereocenters. The quantitative estimate of drug-likeness (QED) is 0.683. The van der Waals surface area contributed by atoms with Crippen LogP contribution in [0.15, 0.2) is 28.9 Å². The minimum absolute atomic E-state index is 0.469. The average Bonchev–Trinajstić information content (AvgIpc) is 2.97. The molecule has 0 saturated carbocycles. The molecule has 0 spiro atoms. The van der Waals surface area contributed by atoms with E-state index < -0.39 is 0 Å². The van der Waals surface area contributed by atoms with Gasteiger partial charge in [-0.25, -0.2) is 0 Å². The summed E-state index contributed by atoms with van der Waals surface area (Å²) in [5.74, 6) is 0. The van der Waals surface area contributed by atoms with Crippen LogP contribution in [0, 0.1) is 0 Å². The van der Waals surface area contributed by atoms with Crippen molar-refractivity contribution in [1.29, 1.82) is 0 Å². The topological polar surface area (TPSA) is 24.8 Å². The maximum atomic E-state index is 5.26. The van der Waals surface area contributed by atoms with Crippen molar-refractivity contribution < 1.29 is 4.74 Å². The lowest BCUT2D eigenvalue weighted by atomic mass is 10.1. The van der Waals surface area contributed by atoms with Gasteiger partial charge in [-0.3, -0.25) is 5.01 Å². The van der Waals surface area contributed by atoms with Gasteiger partial charge in [0.05, 0.1) is 18.4 Å². The smallest absolute Gasteiger partial charge is 0.0704 e. The van der Waals surface area contributed by atoms with Crippen LogP contribution in [0.3, 0.4) is 0 Å². The average molecular weight is 234 g/mol. The minimum Gasteiger partial charge on any atom is -0.382 e. The van der Waals surface area contributed by atoms with E-state index in [0.717, 1.165) is 26.0 Å². The monoisotopic (exact) mass is 234 g/mol. The molecule has 0 radical (unpaired) electrons. The van der Waals surface area contributed by atoms with Crippen LogP contribution in [-0.4, -0.2) is 37.0 Å². The summed E-state index contributed by atoms with van der Waals surface area (Å²) in [6.07, 6.45) is 11.0. The number of hydrazone groups is 1. The van der Waals surface area contributed by atoms with Gasteiger partial charge in [0, 0.05) is 13.7 Å². The van der Waals surface area contributed by atoms with E-state index in [2.05, 4.69) is 30.2 Å². The van der Waals surface area contributed by atoms with E-state index in [1.165, 1.54) is 24.1 Å². The molecule has 1 fully saturated rings. The number of hydrogen-bond acceptors (Lipinski definition) is 3. The molecule has 0 bridgehead atoms. The van der Waals surface area contributed by atoms with Gasteiger partial charge in [0.25, 0.3) is 0 Å². The summed E-state index contributed by atoms with van der Waals surface area (Å²) in [6, 6.07) is 0.469. The lowest BCUT2D eigenvalue weighted by Gasteiger charge is -2.22. The molecule has 94 valence electrons. The molecule has 0 aromatic heterocycles. The van der Waals surface area contributed by atoms with Gasteiger partial charge in [-0.15, -0.1) is 0 Å². The highest BCUT2D eigenvalue weighted by molar-refractivity contribution is 6.00. The van der Waals surface area contributed by atoms with Crippen molar-refractivity contribution in [1.82, 2.24) is 5.01 Å². The van der Waals surface area contributed by atoms with Crippen molar-refractivity contribution in [3.05, 3.63) is 23.8 Å². The lowest BCUT2D eigenvalue weighted by Crippen LogP contribution is -2.29. The second kappa shape index (κ2) is 6.01. The molecular weight excluding hydrogens is 212 g/mol. The first kappa shape index (κ1) is 12.4. The number of methoxy groups -OCH3 is 1. The first-order valence-corrected chi connectivity index (χ1v) is 6.54. The number of hydrogen-bond donors (Lipinski definition) is 0. The molecule has 2 aliphatic rings. The summed E-state index contributed by atoms with van der Waals surface area (Å²) in [7, 11) is 1.77. The van der Waals surface area contributed by atoms with Gasteiger partial charge in [0.2, 0.25) is 0 Å². The van der Waals surface area contributed by atoms with Gasteiger partial charge in [-0.1, -0.05) is 25.2 Å². The third-order valence-electron chi connectivity index (χ3n) is 3.43. The van der Waals surface area contributed by atoms with Crippen LogP contribution in [0.5, 0.6) is 0 Å². The second-order valence-corrected chi connectivity index (χ2v) is 4.64. The Labute approximate surface area is 104 Å². The molecule has 1 heterocycles. The van der Waals surface area contributed by atoms with Crippen LogP contribution < -0.4 is 0 Å². The van der Waals surface area contributed by atoms with Crippen molar-refractivity contribution in [3.8, 4) is 0 Å². The minimum atomic E-state index is 0.469. The molecular formula is C14H22N2O. The first-order valence-electron chi connectivity index (χ1n) is 6.54. The van der Waals surface area contributed by atoms with E-state index in [-0.39, 0.29) is 0 Å². The van der Waals surface area contributed by atoms with Gasteiger partial charge in [-0.05, 0) is 31.3 Å². The fraction of sp³-hybridized carbons (Fsp3) is 0.643. The highest BCUT2D eigenvalue weighted by atomic mass is 16.5. The predicted octanol–water partition coefficient (Wildman–Crippen LogP) is 2.75. The highest BCUT2D eigenvalue weighted by Crippen LogP contribution is 2.21. The van der Waals surface area contributed by atoms with Crippen molar-refractivity contribution in [2.75, 3.05) is 20.3 Å². The Kier molecular flexibility index (Phi) is 4.37. The Hall–Kier alpha value is -1.09.